The quantitative estimate of drug-likeness (QED) is 0.545. The zero-order valence-corrected chi connectivity index (χ0v) is 12.1. The molecule has 0 aliphatic heterocycles. The molecule has 1 rings (SSSR count). The molecule has 4 unspecified atom stereocenters. The van der Waals surface area contributed by atoms with Crippen LogP contribution < -0.4 is 0 Å². The molecule has 0 aromatic carbocycles. The standard InChI is InChI=1S/C16H30/c1-8-9-14-15(16(14,6)7)13(5)10-12(4)11(2)3/h8,11-15H,1,9-10H2,2-7H3. The molecule has 0 aromatic heterocycles. The van der Waals surface area contributed by atoms with Crippen molar-refractivity contribution in [3.8, 4) is 0 Å². The summed E-state index contributed by atoms with van der Waals surface area (Å²) in [5, 5.41) is 0. The molecular weight excluding hydrogens is 192 g/mol. The second-order valence-electron chi connectivity index (χ2n) is 6.91. The Bertz CT molecular complexity index is 236. The average Bonchev–Trinajstić information content (AvgIpc) is 2.68. The van der Waals surface area contributed by atoms with Crippen LogP contribution in [0.2, 0.25) is 0 Å². The van der Waals surface area contributed by atoms with Crippen molar-refractivity contribution in [1.29, 1.82) is 0 Å². The van der Waals surface area contributed by atoms with Crippen LogP contribution in [0, 0.1) is 35.0 Å². The van der Waals surface area contributed by atoms with Gasteiger partial charge in [0, 0.05) is 0 Å². The van der Waals surface area contributed by atoms with Gasteiger partial charge in [-0.1, -0.05) is 47.6 Å². The molecule has 0 heteroatoms. The van der Waals surface area contributed by atoms with Crippen molar-refractivity contribution in [2.45, 2.75) is 54.4 Å². The second-order valence-corrected chi connectivity index (χ2v) is 6.91. The summed E-state index contributed by atoms with van der Waals surface area (Å²) in [5.41, 5.74) is 0.560. The molecule has 0 radical (unpaired) electrons. The van der Waals surface area contributed by atoms with Gasteiger partial charge in [0.2, 0.25) is 0 Å². The van der Waals surface area contributed by atoms with Crippen LogP contribution in [0.25, 0.3) is 0 Å². The van der Waals surface area contributed by atoms with Gasteiger partial charge in [-0.3, -0.25) is 0 Å². The van der Waals surface area contributed by atoms with Crippen LogP contribution in [-0.2, 0) is 0 Å². The van der Waals surface area contributed by atoms with Gasteiger partial charge in [-0.2, -0.15) is 0 Å². The lowest BCUT2D eigenvalue weighted by Crippen LogP contribution is -2.12. The van der Waals surface area contributed by atoms with Gasteiger partial charge in [0.15, 0.2) is 0 Å². The summed E-state index contributed by atoms with van der Waals surface area (Å²) in [6.45, 7) is 18.3. The fourth-order valence-corrected chi connectivity index (χ4v) is 3.55. The predicted octanol–water partition coefficient (Wildman–Crippen LogP) is 5.15. The van der Waals surface area contributed by atoms with E-state index in [0.29, 0.717) is 5.41 Å². The van der Waals surface area contributed by atoms with Crippen molar-refractivity contribution in [2.75, 3.05) is 0 Å². The van der Waals surface area contributed by atoms with E-state index < -0.39 is 0 Å². The molecule has 0 spiro atoms. The van der Waals surface area contributed by atoms with E-state index in [4.69, 9.17) is 0 Å². The van der Waals surface area contributed by atoms with Crippen molar-refractivity contribution >= 4 is 0 Å². The van der Waals surface area contributed by atoms with Crippen LogP contribution in [0.1, 0.15) is 54.4 Å². The first-order chi connectivity index (χ1) is 7.32. The predicted molar refractivity (Wildman–Crippen MR) is 73.4 cm³/mol. The van der Waals surface area contributed by atoms with Crippen LogP contribution in [0.5, 0.6) is 0 Å². The maximum Gasteiger partial charge on any atom is -0.0286 e. The molecule has 0 aromatic rings. The van der Waals surface area contributed by atoms with E-state index >= 15 is 0 Å². The summed E-state index contributed by atoms with van der Waals surface area (Å²) in [4.78, 5) is 0. The number of hydrogen-bond acceptors (Lipinski definition) is 0. The third-order valence-corrected chi connectivity index (χ3v) is 5.05. The number of hydrogen-bond donors (Lipinski definition) is 0. The zero-order chi connectivity index (χ0) is 12.5. The molecule has 0 bridgehead atoms. The molecule has 0 saturated heterocycles. The Balaban J connectivity index is 2.50. The maximum atomic E-state index is 3.89. The smallest absolute Gasteiger partial charge is 0.0286 e. The van der Waals surface area contributed by atoms with Gasteiger partial charge in [0.25, 0.3) is 0 Å². The Hall–Kier alpha value is -0.260. The van der Waals surface area contributed by atoms with Crippen LogP contribution in [0.15, 0.2) is 12.7 Å². The molecule has 4 atom stereocenters. The summed E-state index contributed by atoms with van der Waals surface area (Å²) in [7, 11) is 0. The minimum absolute atomic E-state index is 0.560. The average molecular weight is 222 g/mol. The molecule has 0 nitrogen and oxygen atoms in total. The van der Waals surface area contributed by atoms with Gasteiger partial charge in [-0.05, 0) is 47.8 Å². The highest BCUT2D eigenvalue weighted by atomic mass is 14.6. The van der Waals surface area contributed by atoms with E-state index in [1.807, 2.05) is 0 Å². The third-order valence-electron chi connectivity index (χ3n) is 5.05. The fourth-order valence-electron chi connectivity index (χ4n) is 3.55. The van der Waals surface area contributed by atoms with Crippen molar-refractivity contribution in [3.05, 3.63) is 12.7 Å². The highest BCUT2D eigenvalue weighted by Crippen LogP contribution is 2.64. The van der Waals surface area contributed by atoms with E-state index in [-0.39, 0.29) is 0 Å². The molecule has 1 aliphatic rings. The van der Waals surface area contributed by atoms with Gasteiger partial charge in [0.05, 0.1) is 0 Å². The van der Waals surface area contributed by atoms with Crippen LogP contribution in [-0.4, -0.2) is 0 Å². The number of allylic oxidation sites excluding steroid dienone is 1. The molecular formula is C16H30. The SMILES string of the molecule is C=CCC1C(C(C)CC(C)C(C)C)C1(C)C. The minimum atomic E-state index is 0.560. The molecule has 94 valence electrons. The highest BCUT2D eigenvalue weighted by Gasteiger charge is 2.58. The number of rotatable bonds is 6. The van der Waals surface area contributed by atoms with Crippen LogP contribution in [0.4, 0.5) is 0 Å². The van der Waals surface area contributed by atoms with Gasteiger partial charge < -0.3 is 0 Å². The summed E-state index contributed by atoms with van der Waals surface area (Å²) < 4.78 is 0. The first kappa shape index (κ1) is 13.8. The van der Waals surface area contributed by atoms with Gasteiger partial charge in [-0.15, -0.1) is 6.58 Å². The Morgan fingerprint density at radius 3 is 2.19 bits per heavy atom. The molecule has 0 heterocycles. The van der Waals surface area contributed by atoms with Gasteiger partial charge in [0.1, 0.15) is 0 Å². The Morgan fingerprint density at radius 2 is 1.75 bits per heavy atom. The Labute approximate surface area is 103 Å². The monoisotopic (exact) mass is 222 g/mol. The summed E-state index contributed by atoms with van der Waals surface area (Å²) >= 11 is 0. The van der Waals surface area contributed by atoms with Crippen LogP contribution in [0.3, 0.4) is 0 Å². The van der Waals surface area contributed by atoms with E-state index in [2.05, 4.69) is 54.2 Å². The van der Waals surface area contributed by atoms with E-state index in [1.54, 1.807) is 0 Å². The zero-order valence-electron chi connectivity index (χ0n) is 12.1. The topological polar surface area (TPSA) is 0 Å². The normalized spacial score (nSPS) is 31.2. The van der Waals surface area contributed by atoms with Gasteiger partial charge >= 0.3 is 0 Å². The first-order valence-corrected chi connectivity index (χ1v) is 6.93. The maximum absolute atomic E-state index is 3.89. The molecule has 0 amide bonds. The Kier molecular flexibility index (Phi) is 4.26. The van der Waals surface area contributed by atoms with E-state index in [1.165, 1.54) is 12.8 Å². The summed E-state index contributed by atoms with van der Waals surface area (Å²) in [6, 6.07) is 0. The summed E-state index contributed by atoms with van der Waals surface area (Å²) in [5.74, 6) is 4.36. The van der Waals surface area contributed by atoms with Crippen molar-refractivity contribution in [1.82, 2.24) is 0 Å². The Morgan fingerprint density at radius 1 is 1.19 bits per heavy atom. The molecule has 1 fully saturated rings. The van der Waals surface area contributed by atoms with Gasteiger partial charge in [-0.25, -0.2) is 0 Å². The lowest BCUT2D eigenvalue weighted by Gasteiger charge is -2.21. The molecule has 1 aliphatic carbocycles. The second kappa shape index (κ2) is 4.94. The van der Waals surface area contributed by atoms with Crippen LogP contribution >= 0.6 is 0 Å². The fraction of sp³-hybridized carbons (Fsp3) is 0.875. The molecule has 0 N–H and O–H groups in total. The lowest BCUT2D eigenvalue weighted by molar-refractivity contribution is 0.290. The first-order valence-electron chi connectivity index (χ1n) is 6.93. The molecule has 16 heavy (non-hydrogen) atoms. The van der Waals surface area contributed by atoms with Crippen molar-refractivity contribution in [3.63, 3.8) is 0 Å². The minimum Gasteiger partial charge on any atom is -0.103 e. The third kappa shape index (κ3) is 2.70. The lowest BCUT2D eigenvalue weighted by atomic mass is 9.84. The largest absolute Gasteiger partial charge is 0.103 e. The molecule has 1 saturated carbocycles. The van der Waals surface area contributed by atoms with E-state index in [0.717, 1.165) is 29.6 Å². The summed E-state index contributed by atoms with van der Waals surface area (Å²) in [6.07, 6.45) is 4.70. The van der Waals surface area contributed by atoms with Crippen molar-refractivity contribution < 1.29 is 0 Å². The van der Waals surface area contributed by atoms with E-state index in [9.17, 15) is 0 Å². The van der Waals surface area contributed by atoms with Crippen molar-refractivity contribution in [2.24, 2.45) is 35.0 Å². The highest BCUT2D eigenvalue weighted by molar-refractivity contribution is 5.08.